The zero-order valence-corrected chi connectivity index (χ0v) is 10.9. The molecule has 100 valence electrons. The van der Waals surface area contributed by atoms with Crippen LogP contribution in [0.1, 0.15) is 25.0 Å². The Morgan fingerprint density at radius 3 is 2.95 bits per heavy atom. The maximum absolute atomic E-state index is 12.0. The van der Waals surface area contributed by atoms with Gasteiger partial charge < -0.3 is 16.0 Å². The number of carbonyl (C=O) groups is 1. The normalized spacial score (nSPS) is 22.8. The average molecular weight is 257 g/mol. The fourth-order valence-electron chi connectivity index (χ4n) is 2.86. The number of benzene rings is 1. The summed E-state index contributed by atoms with van der Waals surface area (Å²) in [4.78, 5) is 15.3. The zero-order chi connectivity index (χ0) is 13.2. The molecule has 0 bridgehead atoms. The molecular formula is C15H19N3O. The summed E-state index contributed by atoms with van der Waals surface area (Å²) in [7, 11) is 0. The van der Waals surface area contributed by atoms with Crippen LogP contribution >= 0.6 is 0 Å². The molecule has 1 aromatic heterocycles. The summed E-state index contributed by atoms with van der Waals surface area (Å²) in [5.41, 5.74) is 8.07. The highest BCUT2D eigenvalue weighted by molar-refractivity contribution is 5.81. The Hall–Kier alpha value is -1.81. The molecule has 1 fully saturated rings. The lowest BCUT2D eigenvalue weighted by molar-refractivity contribution is -0.125. The third-order valence-corrected chi connectivity index (χ3v) is 3.95. The number of rotatable bonds is 3. The number of para-hydroxylation sites is 1. The number of aromatic amines is 1. The predicted molar refractivity (Wildman–Crippen MR) is 75.5 cm³/mol. The topological polar surface area (TPSA) is 70.9 Å². The first-order chi connectivity index (χ1) is 9.24. The molecule has 0 spiro atoms. The van der Waals surface area contributed by atoms with Crippen LogP contribution in [-0.2, 0) is 11.3 Å². The van der Waals surface area contributed by atoms with Crippen molar-refractivity contribution in [2.75, 3.05) is 0 Å². The van der Waals surface area contributed by atoms with Crippen LogP contribution in [-0.4, -0.2) is 16.9 Å². The molecule has 2 aromatic rings. The van der Waals surface area contributed by atoms with Crippen LogP contribution in [0.15, 0.2) is 30.3 Å². The molecule has 1 heterocycles. The molecule has 0 radical (unpaired) electrons. The zero-order valence-electron chi connectivity index (χ0n) is 10.9. The van der Waals surface area contributed by atoms with Gasteiger partial charge >= 0.3 is 0 Å². The van der Waals surface area contributed by atoms with Gasteiger partial charge in [0.05, 0.1) is 12.5 Å². The summed E-state index contributed by atoms with van der Waals surface area (Å²) in [6, 6.07) is 10.2. The smallest absolute Gasteiger partial charge is 0.224 e. The van der Waals surface area contributed by atoms with Crippen molar-refractivity contribution in [3.8, 4) is 0 Å². The number of hydrogen-bond acceptors (Lipinski definition) is 2. The average Bonchev–Trinajstić information content (AvgIpc) is 3.01. The molecule has 19 heavy (non-hydrogen) atoms. The first-order valence-corrected chi connectivity index (χ1v) is 6.84. The van der Waals surface area contributed by atoms with Crippen LogP contribution in [0.3, 0.4) is 0 Å². The van der Waals surface area contributed by atoms with E-state index in [1.54, 1.807) is 0 Å². The van der Waals surface area contributed by atoms with Gasteiger partial charge in [-0.25, -0.2) is 0 Å². The van der Waals surface area contributed by atoms with E-state index in [1.165, 1.54) is 5.39 Å². The van der Waals surface area contributed by atoms with Crippen LogP contribution < -0.4 is 11.1 Å². The third-order valence-electron chi connectivity index (χ3n) is 3.95. The van der Waals surface area contributed by atoms with Gasteiger partial charge in [-0.05, 0) is 30.4 Å². The van der Waals surface area contributed by atoms with Crippen molar-refractivity contribution in [2.45, 2.75) is 31.8 Å². The van der Waals surface area contributed by atoms with Gasteiger partial charge in [-0.1, -0.05) is 24.6 Å². The minimum Gasteiger partial charge on any atom is -0.357 e. The summed E-state index contributed by atoms with van der Waals surface area (Å²) >= 11 is 0. The van der Waals surface area contributed by atoms with Gasteiger partial charge in [0.2, 0.25) is 5.91 Å². The van der Waals surface area contributed by atoms with E-state index < -0.39 is 0 Å². The van der Waals surface area contributed by atoms with Gasteiger partial charge in [-0.15, -0.1) is 0 Å². The number of aromatic nitrogens is 1. The van der Waals surface area contributed by atoms with Crippen LogP contribution in [0.4, 0.5) is 0 Å². The molecule has 3 rings (SSSR count). The van der Waals surface area contributed by atoms with Gasteiger partial charge in [-0.2, -0.15) is 0 Å². The maximum atomic E-state index is 12.0. The first kappa shape index (κ1) is 12.2. The largest absolute Gasteiger partial charge is 0.357 e. The van der Waals surface area contributed by atoms with E-state index >= 15 is 0 Å². The van der Waals surface area contributed by atoms with E-state index in [4.69, 9.17) is 5.73 Å². The van der Waals surface area contributed by atoms with Gasteiger partial charge in [0, 0.05) is 17.3 Å². The Labute approximate surface area is 112 Å². The fourth-order valence-corrected chi connectivity index (χ4v) is 2.86. The Bertz CT molecular complexity index is 557. The van der Waals surface area contributed by atoms with Crippen molar-refractivity contribution < 1.29 is 4.79 Å². The Morgan fingerprint density at radius 1 is 1.37 bits per heavy atom. The Balaban J connectivity index is 1.64. The molecule has 1 aromatic carbocycles. The first-order valence-electron chi connectivity index (χ1n) is 6.84. The summed E-state index contributed by atoms with van der Waals surface area (Å²) in [6.45, 7) is 0.538. The van der Waals surface area contributed by atoms with E-state index in [0.29, 0.717) is 6.54 Å². The minimum atomic E-state index is -0.00983. The van der Waals surface area contributed by atoms with Gasteiger partial charge in [0.15, 0.2) is 0 Å². The number of carbonyl (C=O) groups excluding carboxylic acids is 1. The number of fused-ring (bicyclic) bond motifs is 1. The number of nitrogens with two attached hydrogens (primary N) is 1. The molecule has 1 aliphatic carbocycles. The minimum absolute atomic E-state index is 0.00983. The lowest BCUT2D eigenvalue weighted by Crippen LogP contribution is -2.38. The van der Waals surface area contributed by atoms with Crippen molar-refractivity contribution in [2.24, 2.45) is 11.7 Å². The Kier molecular flexibility index (Phi) is 3.25. The van der Waals surface area contributed by atoms with Crippen molar-refractivity contribution in [1.82, 2.24) is 10.3 Å². The van der Waals surface area contributed by atoms with Crippen LogP contribution in [0, 0.1) is 5.92 Å². The summed E-state index contributed by atoms with van der Waals surface area (Å²) in [5, 5.41) is 4.15. The van der Waals surface area contributed by atoms with Crippen LogP contribution in [0.5, 0.6) is 0 Å². The lowest BCUT2D eigenvalue weighted by Gasteiger charge is -2.14. The van der Waals surface area contributed by atoms with Crippen molar-refractivity contribution >= 4 is 16.8 Å². The second kappa shape index (κ2) is 5.05. The SMILES string of the molecule is N[C@@H]1CCC[C@@H]1C(=O)NCc1cc2ccccc2[nH]1. The molecule has 2 atom stereocenters. The summed E-state index contributed by atoms with van der Waals surface area (Å²) < 4.78 is 0. The second-order valence-electron chi connectivity index (χ2n) is 5.30. The quantitative estimate of drug-likeness (QED) is 0.786. The fraction of sp³-hybridized carbons (Fsp3) is 0.400. The number of amides is 1. The molecular weight excluding hydrogens is 238 g/mol. The van der Waals surface area contributed by atoms with Crippen molar-refractivity contribution in [3.05, 3.63) is 36.0 Å². The predicted octanol–water partition coefficient (Wildman–Crippen LogP) is 1.91. The van der Waals surface area contributed by atoms with Crippen molar-refractivity contribution in [1.29, 1.82) is 0 Å². The number of H-pyrrole nitrogens is 1. The van der Waals surface area contributed by atoms with E-state index in [2.05, 4.69) is 22.4 Å². The highest BCUT2D eigenvalue weighted by Crippen LogP contribution is 2.24. The van der Waals surface area contributed by atoms with E-state index in [1.807, 2.05) is 18.2 Å². The highest BCUT2D eigenvalue weighted by Gasteiger charge is 2.29. The maximum Gasteiger partial charge on any atom is 0.224 e. The number of nitrogens with one attached hydrogen (secondary N) is 2. The molecule has 4 heteroatoms. The van der Waals surface area contributed by atoms with Gasteiger partial charge in [-0.3, -0.25) is 4.79 Å². The van der Waals surface area contributed by atoms with Gasteiger partial charge in [0.1, 0.15) is 0 Å². The van der Waals surface area contributed by atoms with Crippen LogP contribution in [0.2, 0.25) is 0 Å². The van der Waals surface area contributed by atoms with E-state index in [9.17, 15) is 4.79 Å². The van der Waals surface area contributed by atoms with E-state index in [-0.39, 0.29) is 17.9 Å². The Morgan fingerprint density at radius 2 is 2.21 bits per heavy atom. The molecule has 1 amide bonds. The summed E-state index contributed by atoms with van der Waals surface area (Å²) in [5.74, 6) is 0.0769. The van der Waals surface area contributed by atoms with Crippen LogP contribution in [0.25, 0.3) is 10.9 Å². The van der Waals surface area contributed by atoms with Crippen molar-refractivity contribution in [3.63, 3.8) is 0 Å². The third kappa shape index (κ3) is 2.49. The molecule has 0 unspecified atom stereocenters. The molecule has 4 nitrogen and oxygen atoms in total. The highest BCUT2D eigenvalue weighted by atomic mass is 16.1. The molecule has 0 aliphatic heterocycles. The van der Waals surface area contributed by atoms with E-state index in [0.717, 1.165) is 30.5 Å². The standard InChI is InChI=1S/C15H19N3O/c16-13-6-3-5-12(13)15(19)17-9-11-8-10-4-1-2-7-14(10)18-11/h1-2,4,7-8,12-13,18H,3,5-6,9,16H2,(H,17,19)/t12-,13+/m0/s1. The molecule has 1 aliphatic rings. The molecule has 1 saturated carbocycles. The number of hydrogen-bond donors (Lipinski definition) is 3. The monoisotopic (exact) mass is 257 g/mol. The molecule has 0 saturated heterocycles. The molecule has 4 N–H and O–H groups in total. The lowest BCUT2D eigenvalue weighted by atomic mass is 10.0. The van der Waals surface area contributed by atoms with Gasteiger partial charge in [0.25, 0.3) is 0 Å². The summed E-state index contributed by atoms with van der Waals surface area (Å²) in [6.07, 6.45) is 2.94. The second-order valence-corrected chi connectivity index (χ2v) is 5.30.